The number of fused-ring (bicyclic) bond motifs is 3. The summed E-state index contributed by atoms with van der Waals surface area (Å²) in [5.41, 5.74) is 8.41. The van der Waals surface area contributed by atoms with E-state index in [1.54, 1.807) is 30.5 Å². The molecule has 7 nitrogen and oxygen atoms in total. The molecule has 2 aromatic heterocycles. The standard InChI is InChI=1S/C21H17N3O4.ClH/c22-21(27)14-6-3-7-15-19(14)20-16(8-4-9-17(20)28-12-18(25)26)24(15)11-13-5-1-2-10-23-13;/h1-10H,11-12H2,(H2,22,27)(H,25,26);1H. The zero-order valence-electron chi connectivity index (χ0n) is 15.2. The average molecular weight is 412 g/mol. The summed E-state index contributed by atoms with van der Waals surface area (Å²) < 4.78 is 7.53. The van der Waals surface area contributed by atoms with Crippen molar-refractivity contribution in [3.8, 4) is 5.75 Å². The Morgan fingerprint density at radius 1 is 1.00 bits per heavy atom. The number of amides is 1. The number of halogens is 1. The number of carbonyl (C=O) groups excluding carboxylic acids is 1. The van der Waals surface area contributed by atoms with Gasteiger partial charge in [-0.05, 0) is 36.4 Å². The molecule has 4 rings (SSSR count). The molecule has 2 aromatic carbocycles. The summed E-state index contributed by atoms with van der Waals surface area (Å²) >= 11 is 0. The lowest BCUT2D eigenvalue weighted by atomic mass is 10.1. The summed E-state index contributed by atoms with van der Waals surface area (Å²) in [4.78, 5) is 27.4. The van der Waals surface area contributed by atoms with Crippen molar-refractivity contribution < 1.29 is 19.4 Å². The Morgan fingerprint density at radius 3 is 2.38 bits per heavy atom. The maximum absolute atomic E-state index is 12.1. The van der Waals surface area contributed by atoms with E-state index in [1.165, 1.54) is 0 Å². The number of nitrogens with zero attached hydrogens (tertiary/aromatic N) is 2. The monoisotopic (exact) mass is 411 g/mol. The second-order valence-corrected chi connectivity index (χ2v) is 6.30. The van der Waals surface area contributed by atoms with Crippen LogP contribution in [0.2, 0.25) is 0 Å². The van der Waals surface area contributed by atoms with Crippen molar-refractivity contribution in [3.05, 3.63) is 72.1 Å². The number of rotatable bonds is 6. The highest BCUT2D eigenvalue weighted by Crippen LogP contribution is 2.37. The summed E-state index contributed by atoms with van der Waals surface area (Å²) in [5.74, 6) is -1.25. The van der Waals surface area contributed by atoms with Gasteiger partial charge in [0.2, 0.25) is 5.91 Å². The van der Waals surface area contributed by atoms with E-state index in [2.05, 4.69) is 4.98 Å². The number of primary amides is 1. The molecule has 8 heteroatoms. The van der Waals surface area contributed by atoms with Gasteiger partial charge in [-0.15, -0.1) is 12.4 Å². The van der Waals surface area contributed by atoms with Gasteiger partial charge >= 0.3 is 5.97 Å². The Kier molecular flexibility index (Phi) is 5.70. The van der Waals surface area contributed by atoms with Gasteiger partial charge in [-0.3, -0.25) is 9.78 Å². The number of hydrogen-bond donors (Lipinski definition) is 2. The highest BCUT2D eigenvalue weighted by molar-refractivity contribution is 6.19. The molecule has 0 atom stereocenters. The number of carbonyl (C=O) groups is 2. The molecule has 0 aliphatic carbocycles. The lowest BCUT2D eigenvalue weighted by Crippen LogP contribution is -2.11. The number of carboxylic acids is 1. The maximum atomic E-state index is 12.1. The molecule has 148 valence electrons. The molecule has 0 bridgehead atoms. The third-order valence-electron chi connectivity index (χ3n) is 4.54. The highest BCUT2D eigenvalue weighted by atomic mass is 35.5. The zero-order chi connectivity index (χ0) is 19.7. The van der Waals surface area contributed by atoms with E-state index < -0.39 is 18.5 Å². The molecule has 0 unspecified atom stereocenters. The summed E-state index contributed by atoms with van der Waals surface area (Å²) in [7, 11) is 0. The summed E-state index contributed by atoms with van der Waals surface area (Å²) in [6, 6.07) is 16.4. The zero-order valence-corrected chi connectivity index (χ0v) is 16.1. The summed E-state index contributed by atoms with van der Waals surface area (Å²) in [5, 5.41) is 10.3. The van der Waals surface area contributed by atoms with Crippen LogP contribution in [-0.4, -0.2) is 33.1 Å². The third kappa shape index (κ3) is 3.72. The van der Waals surface area contributed by atoms with Gasteiger partial charge in [0.15, 0.2) is 6.61 Å². The molecule has 0 saturated heterocycles. The Bertz CT molecular complexity index is 1200. The first kappa shape index (κ1) is 20.2. The number of benzene rings is 2. The quantitative estimate of drug-likeness (QED) is 0.506. The molecule has 0 radical (unpaired) electrons. The highest BCUT2D eigenvalue weighted by Gasteiger charge is 2.20. The van der Waals surface area contributed by atoms with E-state index in [-0.39, 0.29) is 12.4 Å². The van der Waals surface area contributed by atoms with Crippen molar-refractivity contribution in [2.24, 2.45) is 5.73 Å². The van der Waals surface area contributed by atoms with Gasteiger partial charge in [-0.25, -0.2) is 4.79 Å². The molecule has 0 aliphatic heterocycles. The van der Waals surface area contributed by atoms with E-state index in [1.807, 2.05) is 34.9 Å². The Hall–Kier alpha value is -3.58. The van der Waals surface area contributed by atoms with Gasteiger partial charge in [0, 0.05) is 17.1 Å². The molecule has 0 aliphatic rings. The molecule has 4 aromatic rings. The van der Waals surface area contributed by atoms with Crippen LogP contribution in [0.15, 0.2) is 60.8 Å². The van der Waals surface area contributed by atoms with Gasteiger partial charge in [0.25, 0.3) is 0 Å². The Morgan fingerprint density at radius 2 is 1.72 bits per heavy atom. The molecule has 2 heterocycles. The first-order valence-electron chi connectivity index (χ1n) is 8.64. The number of hydrogen-bond acceptors (Lipinski definition) is 4. The fourth-order valence-corrected chi connectivity index (χ4v) is 3.44. The largest absolute Gasteiger partial charge is 0.481 e. The van der Waals surface area contributed by atoms with Crippen LogP contribution in [0.3, 0.4) is 0 Å². The van der Waals surface area contributed by atoms with Gasteiger partial charge in [-0.2, -0.15) is 0 Å². The van der Waals surface area contributed by atoms with E-state index in [4.69, 9.17) is 15.6 Å². The van der Waals surface area contributed by atoms with Crippen LogP contribution < -0.4 is 10.5 Å². The SMILES string of the molecule is Cl.NC(=O)c1cccc2c1c1c(OCC(=O)O)cccc1n2Cc1ccccn1. The van der Waals surface area contributed by atoms with Crippen molar-refractivity contribution in [2.75, 3.05) is 6.61 Å². The minimum atomic E-state index is -1.08. The lowest BCUT2D eigenvalue weighted by molar-refractivity contribution is -0.139. The number of pyridine rings is 1. The van der Waals surface area contributed by atoms with Crippen molar-refractivity contribution in [1.29, 1.82) is 0 Å². The first-order valence-corrected chi connectivity index (χ1v) is 8.64. The Balaban J connectivity index is 0.00000240. The average Bonchev–Trinajstić information content (AvgIpc) is 3.01. The summed E-state index contributed by atoms with van der Waals surface area (Å²) in [6.07, 6.45) is 1.72. The lowest BCUT2D eigenvalue weighted by Gasteiger charge is -2.08. The predicted molar refractivity (Wildman–Crippen MR) is 112 cm³/mol. The van der Waals surface area contributed by atoms with E-state index in [0.717, 1.165) is 16.7 Å². The number of aromatic nitrogens is 2. The second-order valence-electron chi connectivity index (χ2n) is 6.30. The second kappa shape index (κ2) is 8.20. The number of carboxylic acid groups (broad SMARTS) is 1. The molecule has 0 fully saturated rings. The normalized spacial score (nSPS) is 10.6. The number of aliphatic carboxylic acids is 1. The minimum absolute atomic E-state index is 0. The van der Waals surface area contributed by atoms with Crippen LogP contribution in [0.25, 0.3) is 21.8 Å². The van der Waals surface area contributed by atoms with Gasteiger partial charge in [0.05, 0.1) is 28.7 Å². The topological polar surface area (TPSA) is 107 Å². The van der Waals surface area contributed by atoms with Gasteiger partial charge < -0.3 is 20.1 Å². The fraction of sp³-hybridized carbons (Fsp3) is 0.0952. The molecule has 3 N–H and O–H groups in total. The van der Waals surface area contributed by atoms with Crippen molar-refractivity contribution in [1.82, 2.24) is 9.55 Å². The smallest absolute Gasteiger partial charge is 0.341 e. The van der Waals surface area contributed by atoms with Crippen molar-refractivity contribution in [3.63, 3.8) is 0 Å². The first-order chi connectivity index (χ1) is 13.6. The van der Waals surface area contributed by atoms with Crippen LogP contribution in [0.4, 0.5) is 0 Å². The van der Waals surface area contributed by atoms with Crippen molar-refractivity contribution in [2.45, 2.75) is 6.54 Å². The van der Waals surface area contributed by atoms with Crippen LogP contribution in [0, 0.1) is 0 Å². The Labute approximate surface area is 172 Å². The fourth-order valence-electron chi connectivity index (χ4n) is 3.44. The molecule has 29 heavy (non-hydrogen) atoms. The molecule has 0 spiro atoms. The van der Waals surface area contributed by atoms with Crippen LogP contribution in [0.1, 0.15) is 16.1 Å². The van der Waals surface area contributed by atoms with Gasteiger partial charge in [0.1, 0.15) is 5.75 Å². The molecule has 1 amide bonds. The summed E-state index contributed by atoms with van der Waals surface area (Å²) in [6.45, 7) is -0.00376. The van der Waals surface area contributed by atoms with Crippen molar-refractivity contribution >= 4 is 46.1 Å². The third-order valence-corrected chi connectivity index (χ3v) is 4.54. The predicted octanol–water partition coefficient (Wildman–Crippen LogP) is 3.22. The number of ether oxygens (including phenoxy) is 1. The molecular formula is C21H18ClN3O4. The maximum Gasteiger partial charge on any atom is 0.341 e. The van der Waals surface area contributed by atoms with E-state index >= 15 is 0 Å². The van der Waals surface area contributed by atoms with Crippen LogP contribution in [-0.2, 0) is 11.3 Å². The van der Waals surface area contributed by atoms with E-state index in [9.17, 15) is 9.59 Å². The minimum Gasteiger partial charge on any atom is -0.481 e. The molecular weight excluding hydrogens is 394 g/mol. The molecule has 0 saturated carbocycles. The van der Waals surface area contributed by atoms with Gasteiger partial charge in [-0.1, -0.05) is 18.2 Å². The number of nitrogens with two attached hydrogens (primary N) is 1. The van der Waals surface area contributed by atoms with Crippen LogP contribution in [0.5, 0.6) is 5.75 Å². The van der Waals surface area contributed by atoms with Crippen LogP contribution >= 0.6 is 12.4 Å². The van der Waals surface area contributed by atoms with E-state index in [0.29, 0.717) is 28.6 Å².